The van der Waals surface area contributed by atoms with Gasteiger partial charge < -0.3 is 14.7 Å². The maximum Gasteiger partial charge on any atom is 0.253 e. The van der Waals surface area contributed by atoms with Crippen LogP contribution in [0.2, 0.25) is 5.15 Å². The fraction of sp³-hybridized carbons (Fsp3) is 0.286. The summed E-state index contributed by atoms with van der Waals surface area (Å²) in [7, 11) is 0. The lowest BCUT2D eigenvalue weighted by atomic mass is 10.1. The lowest BCUT2D eigenvalue weighted by Gasteiger charge is -2.36. The van der Waals surface area contributed by atoms with Crippen molar-refractivity contribution < 1.29 is 9.18 Å². The minimum Gasteiger partial charge on any atom is -0.366 e. The maximum absolute atomic E-state index is 14.2. The molecule has 1 aromatic heterocycles. The quantitative estimate of drug-likeness (QED) is 0.120. The lowest BCUT2D eigenvalue weighted by Crippen LogP contribution is -2.49. The predicted molar refractivity (Wildman–Crippen MR) is 182 cm³/mol. The molecular formula is C35H36ClFN6OS. The highest BCUT2D eigenvalue weighted by Crippen LogP contribution is 2.26. The molecule has 0 unspecified atom stereocenters. The highest BCUT2D eigenvalue weighted by atomic mass is 35.5. The number of amides is 1. The number of anilines is 2. The van der Waals surface area contributed by atoms with E-state index in [9.17, 15) is 9.18 Å². The predicted octanol–water partition coefficient (Wildman–Crippen LogP) is 6.36. The third-order valence-electron chi connectivity index (χ3n) is 8.16. The van der Waals surface area contributed by atoms with Crippen molar-refractivity contribution in [3.8, 4) is 0 Å². The van der Waals surface area contributed by atoms with Gasteiger partial charge in [-0.2, -0.15) is 0 Å². The molecule has 0 N–H and O–H groups in total. The molecule has 0 radical (unpaired) electrons. The molecule has 45 heavy (non-hydrogen) atoms. The van der Waals surface area contributed by atoms with Crippen molar-refractivity contribution in [3.63, 3.8) is 0 Å². The van der Waals surface area contributed by atoms with Crippen molar-refractivity contribution in [1.82, 2.24) is 19.8 Å². The van der Waals surface area contributed by atoms with Crippen LogP contribution in [0.3, 0.4) is 0 Å². The van der Waals surface area contributed by atoms with Crippen LogP contribution in [0.1, 0.15) is 21.5 Å². The zero-order chi connectivity index (χ0) is 31.0. The SMILES string of the molecule is O=C(c1ccc(CSc2nc(Cl)cc(N3CCN(CC=Cc4ccccc4)CC3)n2)cc1)N1CCN(c2ccccc2F)CC1. The molecule has 4 aromatic rings. The Morgan fingerprint density at radius 1 is 0.822 bits per heavy atom. The maximum atomic E-state index is 14.2. The van der Waals surface area contributed by atoms with Crippen LogP contribution < -0.4 is 9.80 Å². The van der Waals surface area contributed by atoms with E-state index in [4.69, 9.17) is 16.6 Å². The van der Waals surface area contributed by atoms with Crippen molar-refractivity contribution in [2.45, 2.75) is 10.9 Å². The monoisotopic (exact) mass is 642 g/mol. The topological polar surface area (TPSA) is 55.8 Å². The van der Waals surface area contributed by atoms with E-state index in [1.807, 2.05) is 52.3 Å². The Labute approximate surface area is 273 Å². The van der Waals surface area contributed by atoms with E-state index in [2.05, 4.69) is 51.2 Å². The number of piperazine rings is 2. The number of benzene rings is 3. The van der Waals surface area contributed by atoms with Crippen LogP contribution in [0.15, 0.2) is 96.2 Å². The summed E-state index contributed by atoms with van der Waals surface area (Å²) in [5.41, 5.74) is 3.53. The fourth-order valence-electron chi connectivity index (χ4n) is 5.61. The van der Waals surface area contributed by atoms with E-state index < -0.39 is 0 Å². The van der Waals surface area contributed by atoms with E-state index in [-0.39, 0.29) is 11.7 Å². The molecule has 2 fully saturated rings. The normalized spacial score (nSPS) is 16.0. The number of carbonyl (C=O) groups excluding carboxylic acids is 1. The van der Waals surface area contributed by atoms with Crippen LogP contribution in [0.25, 0.3) is 6.08 Å². The van der Waals surface area contributed by atoms with E-state index in [1.165, 1.54) is 23.4 Å². The van der Waals surface area contributed by atoms with Crippen LogP contribution in [0.4, 0.5) is 15.9 Å². The molecule has 0 atom stereocenters. The van der Waals surface area contributed by atoms with Crippen LogP contribution >= 0.6 is 23.4 Å². The number of aromatic nitrogens is 2. The molecule has 2 aliphatic heterocycles. The second kappa shape index (κ2) is 14.9. The first-order valence-electron chi connectivity index (χ1n) is 15.3. The van der Waals surface area contributed by atoms with Crippen LogP contribution in [-0.2, 0) is 5.75 Å². The third kappa shape index (κ3) is 8.22. The molecule has 0 spiro atoms. The zero-order valence-corrected chi connectivity index (χ0v) is 26.6. The molecule has 6 rings (SSSR count). The number of para-hydroxylation sites is 1. The Kier molecular flexibility index (Phi) is 10.3. The van der Waals surface area contributed by atoms with Gasteiger partial charge in [0.1, 0.15) is 16.8 Å². The molecule has 2 aliphatic rings. The smallest absolute Gasteiger partial charge is 0.253 e. The molecular weight excluding hydrogens is 607 g/mol. The van der Waals surface area contributed by atoms with Gasteiger partial charge in [0.15, 0.2) is 5.16 Å². The van der Waals surface area contributed by atoms with Gasteiger partial charge in [0.2, 0.25) is 0 Å². The Morgan fingerprint density at radius 3 is 2.24 bits per heavy atom. The molecule has 1 amide bonds. The van der Waals surface area contributed by atoms with E-state index in [0.29, 0.717) is 53.5 Å². The Bertz CT molecular complexity index is 1610. The number of halogens is 2. The van der Waals surface area contributed by atoms with Gasteiger partial charge >= 0.3 is 0 Å². The van der Waals surface area contributed by atoms with Gasteiger partial charge in [0.05, 0.1) is 5.69 Å². The van der Waals surface area contributed by atoms with Crippen molar-refractivity contribution in [1.29, 1.82) is 0 Å². The van der Waals surface area contributed by atoms with Gasteiger partial charge in [0, 0.05) is 76.3 Å². The Hall–Kier alpha value is -3.92. The highest BCUT2D eigenvalue weighted by Gasteiger charge is 2.24. The third-order valence-corrected chi connectivity index (χ3v) is 9.27. The summed E-state index contributed by atoms with van der Waals surface area (Å²) in [6.45, 7) is 6.90. The minimum atomic E-state index is -0.230. The van der Waals surface area contributed by atoms with Crippen molar-refractivity contribution in [2.75, 3.05) is 68.7 Å². The Morgan fingerprint density at radius 2 is 1.51 bits per heavy atom. The van der Waals surface area contributed by atoms with Crippen molar-refractivity contribution >= 4 is 46.9 Å². The molecule has 0 saturated carbocycles. The number of thioether (sulfide) groups is 1. The van der Waals surface area contributed by atoms with Gasteiger partial charge in [-0.3, -0.25) is 9.69 Å². The average molecular weight is 643 g/mol. The van der Waals surface area contributed by atoms with E-state index >= 15 is 0 Å². The van der Waals surface area contributed by atoms with Gasteiger partial charge in [0.25, 0.3) is 5.91 Å². The van der Waals surface area contributed by atoms with Gasteiger partial charge in [-0.15, -0.1) is 0 Å². The summed E-state index contributed by atoms with van der Waals surface area (Å²) in [5.74, 6) is 1.29. The fourth-order valence-corrected chi connectivity index (χ4v) is 6.64. The molecule has 0 bridgehead atoms. The minimum absolute atomic E-state index is 0.00230. The number of rotatable bonds is 9. The number of hydrogen-bond donors (Lipinski definition) is 0. The van der Waals surface area contributed by atoms with Gasteiger partial charge in [-0.1, -0.05) is 90.1 Å². The van der Waals surface area contributed by atoms with Crippen LogP contribution in [-0.4, -0.2) is 84.6 Å². The number of nitrogens with zero attached hydrogens (tertiary/aromatic N) is 6. The Balaban J connectivity index is 0.976. The summed E-state index contributed by atoms with van der Waals surface area (Å²) in [4.78, 5) is 30.9. The first kappa shape index (κ1) is 31.1. The molecule has 3 heterocycles. The molecule has 3 aromatic carbocycles. The first-order chi connectivity index (χ1) is 22.0. The summed E-state index contributed by atoms with van der Waals surface area (Å²) in [5, 5.41) is 1.07. The number of hydrogen-bond acceptors (Lipinski definition) is 7. The average Bonchev–Trinajstić information content (AvgIpc) is 3.08. The molecule has 10 heteroatoms. The van der Waals surface area contributed by atoms with Gasteiger partial charge in [-0.05, 0) is 35.4 Å². The van der Waals surface area contributed by atoms with E-state index in [1.54, 1.807) is 12.1 Å². The van der Waals surface area contributed by atoms with Crippen molar-refractivity contribution in [2.24, 2.45) is 0 Å². The zero-order valence-electron chi connectivity index (χ0n) is 25.1. The van der Waals surface area contributed by atoms with Crippen molar-refractivity contribution in [3.05, 3.63) is 119 Å². The second-order valence-electron chi connectivity index (χ2n) is 11.1. The summed E-state index contributed by atoms with van der Waals surface area (Å²) < 4.78 is 14.2. The standard InChI is InChI=1S/C35H36ClFN6OS/c36-32-25-33(42-19-17-40(18-20-42)16-6-9-27-7-2-1-3-8-27)39-35(38-32)45-26-28-12-14-29(15-13-28)34(44)43-23-21-41(22-24-43)31-11-5-4-10-30(31)37/h1-15,25H,16-24,26H2. The molecule has 2 saturated heterocycles. The molecule has 0 aliphatic carbocycles. The second-order valence-corrected chi connectivity index (χ2v) is 12.5. The van der Waals surface area contributed by atoms with Crippen LogP contribution in [0, 0.1) is 5.82 Å². The van der Waals surface area contributed by atoms with E-state index in [0.717, 1.165) is 44.1 Å². The van der Waals surface area contributed by atoms with Gasteiger partial charge in [-0.25, -0.2) is 14.4 Å². The highest BCUT2D eigenvalue weighted by molar-refractivity contribution is 7.98. The first-order valence-corrected chi connectivity index (χ1v) is 16.6. The lowest BCUT2D eigenvalue weighted by molar-refractivity contribution is 0.0746. The molecule has 7 nitrogen and oxygen atoms in total. The summed E-state index contributed by atoms with van der Waals surface area (Å²) >= 11 is 7.95. The van der Waals surface area contributed by atoms with Crippen LogP contribution in [0.5, 0.6) is 0 Å². The number of carbonyl (C=O) groups is 1. The summed E-state index contributed by atoms with van der Waals surface area (Å²) in [6, 6.07) is 26.7. The largest absolute Gasteiger partial charge is 0.366 e. The molecule has 232 valence electrons. The summed E-state index contributed by atoms with van der Waals surface area (Å²) in [6.07, 6.45) is 4.39.